The number of rotatable bonds is 0. The van der Waals surface area contributed by atoms with Crippen molar-refractivity contribution >= 4 is 68.2 Å². The molecule has 0 amide bonds. The van der Waals surface area contributed by atoms with Gasteiger partial charge < -0.3 is 20.4 Å². The van der Waals surface area contributed by atoms with Crippen molar-refractivity contribution in [1.29, 1.82) is 0 Å². The normalized spacial score (nSPS) is 5.56. The standard InChI is InChI=1S/4C2H4O2.BrH.Pb.2H/c4*1-2(3)4;;;;/h4*1H3,(H,3,4);1H;;;. The Bertz CT molecular complexity index is 167. The van der Waals surface area contributed by atoms with Crippen LogP contribution in [0.25, 0.3) is 0 Å². The summed E-state index contributed by atoms with van der Waals surface area (Å²) in [4.78, 5) is 36.0. The third-order valence-electron chi connectivity index (χ3n) is 0. The molecular formula is C8H19BrO8Pb. The zero-order valence-electron chi connectivity index (χ0n) is 10.5. The van der Waals surface area contributed by atoms with E-state index in [2.05, 4.69) is 0 Å². The predicted octanol–water partition coefficient (Wildman–Crippen LogP) is 0.0253. The Labute approximate surface area is 135 Å². The maximum atomic E-state index is 9.00. The fourth-order valence-corrected chi connectivity index (χ4v) is 0. The second kappa shape index (κ2) is 29.9. The number of hydrogen-bond donors (Lipinski definition) is 4. The molecular weight excluding hydrogens is 511 g/mol. The van der Waals surface area contributed by atoms with Crippen LogP contribution in [-0.2, 0) is 19.2 Å². The van der Waals surface area contributed by atoms with Crippen molar-refractivity contribution in [2.45, 2.75) is 27.7 Å². The van der Waals surface area contributed by atoms with Gasteiger partial charge in [-0.25, -0.2) is 0 Å². The second-order valence-corrected chi connectivity index (χ2v) is 2.08. The number of carboxylic acid groups (broad SMARTS) is 4. The molecule has 8 nitrogen and oxygen atoms in total. The van der Waals surface area contributed by atoms with Crippen molar-refractivity contribution in [3.05, 3.63) is 0 Å². The molecule has 110 valence electrons. The molecule has 0 saturated carbocycles. The number of aliphatic carboxylic acids is 4. The van der Waals surface area contributed by atoms with Crippen LogP contribution in [0.5, 0.6) is 0 Å². The molecule has 4 N–H and O–H groups in total. The van der Waals surface area contributed by atoms with Crippen molar-refractivity contribution in [2.24, 2.45) is 0 Å². The maximum absolute atomic E-state index is 9.00. The summed E-state index contributed by atoms with van der Waals surface area (Å²) in [5.74, 6) is -3.33. The Kier molecular flexibility index (Phi) is 59.7. The van der Waals surface area contributed by atoms with Gasteiger partial charge in [0.05, 0.1) is 0 Å². The molecule has 10 heteroatoms. The van der Waals surface area contributed by atoms with Gasteiger partial charge in [-0.2, -0.15) is 0 Å². The Morgan fingerprint density at radius 1 is 0.556 bits per heavy atom. The van der Waals surface area contributed by atoms with Gasteiger partial charge in [0, 0.05) is 27.7 Å². The number of halogens is 1. The SMILES string of the molecule is Br.CC(=O)O.CC(=O)O.CC(=O)O.CC(=O)O.[PbH2]. The van der Waals surface area contributed by atoms with Crippen LogP contribution in [0.15, 0.2) is 0 Å². The third-order valence-corrected chi connectivity index (χ3v) is 0. The van der Waals surface area contributed by atoms with E-state index >= 15 is 0 Å². The van der Waals surface area contributed by atoms with E-state index in [1.807, 2.05) is 0 Å². The minimum absolute atomic E-state index is 0. The van der Waals surface area contributed by atoms with Crippen LogP contribution in [0.4, 0.5) is 0 Å². The van der Waals surface area contributed by atoms with Gasteiger partial charge in [0.25, 0.3) is 23.9 Å². The van der Waals surface area contributed by atoms with E-state index in [0.717, 1.165) is 27.7 Å². The van der Waals surface area contributed by atoms with E-state index in [0.29, 0.717) is 0 Å². The molecule has 0 unspecified atom stereocenters. The van der Waals surface area contributed by atoms with Crippen LogP contribution < -0.4 is 0 Å². The fraction of sp³-hybridized carbons (Fsp3) is 0.500. The van der Waals surface area contributed by atoms with Crippen molar-refractivity contribution in [3.63, 3.8) is 0 Å². The molecule has 0 aromatic heterocycles. The number of hydrogen-bond acceptors (Lipinski definition) is 4. The van der Waals surface area contributed by atoms with Gasteiger partial charge in [-0.3, -0.25) is 19.2 Å². The first-order valence-corrected chi connectivity index (χ1v) is 3.71. The van der Waals surface area contributed by atoms with Gasteiger partial charge in [-0.1, -0.05) is 0 Å². The Morgan fingerprint density at radius 2 is 0.556 bits per heavy atom. The zero-order chi connectivity index (χ0) is 14.3. The van der Waals surface area contributed by atoms with Crippen LogP contribution >= 0.6 is 17.0 Å². The molecule has 0 aromatic carbocycles. The van der Waals surface area contributed by atoms with Crippen molar-refractivity contribution in [3.8, 4) is 0 Å². The summed E-state index contributed by atoms with van der Waals surface area (Å²) >= 11 is 0. The summed E-state index contributed by atoms with van der Waals surface area (Å²) < 4.78 is 0. The summed E-state index contributed by atoms with van der Waals surface area (Å²) in [5, 5.41) is 29.7. The van der Waals surface area contributed by atoms with Gasteiger partial charge in [-0.05, 0) is 0 Å². The summed E-state index contributed by atoms with van der Waals surface area (Å²) in [5.41, 5.74) is 0. The summed E-state index contributed by atoms with van der Waals surface area (Å²) in [6.07, 6.45) is 0. The van der Waals surface area contributed by atoms with Crippen LogP contribution in [0.3, 0.4) is 0 Å². The van der Waals surface area contributed by atoms with E-state index in [-0.39, 0.29) is 44.3 Å². The molecule has 0 fully saturated rings. The topological polar surface area (TPSA) is 149 Å². The van der Waals surface area contributed by atoms with Gasteiger partial charge in [0.15, 0.2) is 0 Å². The average Bonchev–Trinajstić information content (AvgIpc) is 1.76. The molecule has 0 rings (SSSR count). The third kappa shape index (κ3) is 6050. The summed E-state index contributed by atoms with van der Waals surface area (Å²) in [6.45, 7) is 4.33. The molecule has 0 aliphatic carbocycles. The number of carboxylic acids is 4. The van der Waals surface area contributed by atoms with E-state index in [4.69, 9.17) is 39.6 Å². The van der Waals surface area contributed by atoms with E-state index in [1.54, 1.807) is 0 Å². The van der Waals surface area contributed by atoms with Gasteiger partial charge in [0.1, 0.15) is 0 Å². The molecule has 0 aromatic rings. The van der Waals surface area contributed by atoms with E-state index < -0.39 is 23.9 Å². The number of carbonyl (C=O) groups is 4. The quantitative estimate of drug-likeness (QED) is 0.321. The molecule has 0 heterocycles. The Morgan fingerprint density at radius 3 is 0.556 bits per heavy atom. The molecule has 0 bridgehead atoms. The second-order valence-electron chi connectivity index (χ2n) is 2.08. The first-order valence-electron chi connectivity index (χ1n) is 3.71. The molecule has 0 aliphatic rings. The first kappa shape index (κ1) is 36.0. The molecule has 18 heavy (non-hydrogen) atoms. The molecule has 0 aliphatic heterocycles. The van der Waals surface area contributed by atoms with E-state index in [9.17, 15) is 0 Å². The predicted molar refractivity (Wildman–Crippen MR) is 72.1 cm³/mol. The molecule has 0 atom stereocenters. The fourth-order valence-electron chi connectivity index (χ4n) is 0. The Balaban J connectivity index is -0.0000000257. The first-order chi connectivity index (χ1) is 6.93. The van der Waals surface area contributed by atoms with Crippen molar-refractivity contribution in [2.75, 3.05) is 0 Å². The Hall–Kier alpha value is -0.718. The monoisotopic (exact) mass is 530 g/mol. The molecule has 2 radical (unpaired) electrons. The minimum atomic E-state index is -0.833. The van der Waals surface area contributed by atoms with Crippen molar-refractivity contribution < 1.29 is 39.6 Å². The zero-order valence-corrected chi connectivity index (χ0v) is 17.7. The van der Waals surface area contributed by atoms with Gasteiger partial charge in [-0.15, -0.1) is 17.0 Å². The summed E-state index contributed by atoms with van der Waals surface area (Å²) in [7, 11) is 0. The van der Waals surface area contributed by atoms with Crippen molar-refractivity contribution in [1.82, 2.24) is 0 Å². The van der Waals surface area contributed by atoms with Crippen LogP contribution in [0, 0.1) is 0 Å². The van der Waals surface area contributed by atoms with Crippen LogP contribution in [0.1, 0.15) is 27.7 Å². The molecule has 0 spiro atoms. The van der Waals surface area contributed by atoms with Crippen LogP contribution in [0.2, 0.25) is 0 Å². The van der Waals surface area contributed by atoms with Gasteiger partial charge >= 0.3 is 27.3 Å². The van der Waals surface area contributed by atoms with Crippen LogP contribution in [-0.4, -0.2) is 71.6 Å². The van der Waals surface area contributed by atoms with Gasteiger partial charge in [0.2, 0.25) is 0 Å². The summed E-state index contributed by atoms with van der Waals surface area (Å²) in [6, 6.07) is 0. The average molecular weight is 530 g/mol. The molecule has 0 saturated heterocycles. The van der Waals surface area contributed by atoms with E-state index in [1.165, 1.54) is 0 Å².